The van der Waals surface area contributed by atoms with Gasteiger partial charge in [0.25, 0.3) is 0 Å². The number of carboxylic acid groups (broad SMARTS) is 1. The Kier molecular flexibility index (Phi) is 14.7. The highest BCUT2D eigenvalue weighted by atomic mass is 16.4. The Morgan fingerprint density at radius 1 is 0.840 bits per heavy atom. The van der Waals surface area contributed by atoms with Gasteiger partial charge in [-0.25, -0.2) is 0 Å². The van der Waals surface area contributed by atoms with Crippen molar-refractivity contribution in [3.8, 4) is 0 Å². The second-order valence-electron chi connectivity index (χ2n) is 5.95. The van der Waals surface area contributed by atoms with Crippen LogP contribution in [0, 0.1) is 0 Å². The van der Waals surface area contributed by atoms with E-state index in [4.69, 9.17) is 5.11 Å². The number of allylic oxidation sites excluding steroid dienone is 6. The molecule has 3 unspecified atom stereocenters. The van der Waals surface area contributed by atoms with Crippen LogP contribution in [0.4, 0.5) is 0 Å². The van der Waals surface area contributed by atoms with E-state index in [0.717, 1.165) is 25.7 Å². The van der Waals surface area contributed by atoms with E-state index in [1.54, 1.807) is 36.5 Å². The Bertz CT molecular complexity index is 451. The molecular formula is C20H32O5. The molecule has 142 valence electrons. The van der Waals surface area contributed by atoms with Gasteiger partial charge in [0.2, 0.25) is 0 Å². The van der Waals surface area contributed by atoms with Crippen molar-refractivity contribution in [2.45, 2.75) is 70.2 Å². The number of hydrogen-bond donors (Lipinski definition) is 4. The minimum Gasteiger partial charge on any atom is -0.481 e. The van der Waals surface area contributed by atoms with Gasteiger partial charge >= 0.3 is 5.97 Å². The zero-order valence-electron chi connectivity index (χ0n) is 15.0. The normalized spacial score (nSPS) is 16.3. The van der Waals surface area contributed by atoms with Crippen LogP contribution >= 0.6 is 0 Å². The summed E-state index contributed by atoms with van der Waals surface area (Å²) in [6.07, 6.45) is 16.0. The van der Waals surface area contributed by atoms with Gasteiger partial charge in [-0.3, -0.25) is 4.79 Å². The number of hydrogen-bond acceptors (Lipinski definition) is 4. The fourth-order valence-corrected chi connectivity index (χ4v) is 2.09. The van der Waals surface area contributed by atoms with Crippen molar-refractivity contribution in [2.24, 2.45) is 0 Å². The first-order valence-electron chi connectivity index (χ1n) is 8.91. The zero-order chi connectivity index (χ0) is 18.9. The largest absolute Gasteiger partial charge is 0.481 e. The molecule has 5 heteroatoms. The predicted molar refractivity (Wildman–Crippen MR) is 100 cm³/mol. The molecule has 5 nitrogen and oxygen atoms in total. The molecule has 0 radical (unpaired) electrons. The molecule has 0 amide bonds. The van der Waals surface area contributed by atoms with Gasteiger partial charge in [-0.2, -0.15) is 0 Å². The number of carbonyl (C=O) groups is 1. The smallest absolute Gasteiger partial charge is 0.303 e. The summed E-state index contributed by atoms with van der Waals surface area (Å²) in [4.78, 5) is 10.4. The Hall–Kier alpha value is -1.69. The van der Waals surface area contributed by atoms with Crippen LogP contribution in [-0.4, -0.2) is 44.7 Å². The monoisotopic (exact) mass is 352 g/mol. The SMILES string of the molecule is CCCCCC(O)C=CC=C/C=C/C=C/C(O)C(O)CCCC(=O)O. The van der Waals surface area contributed by atoms with Gasteiger partial charge in [-0.05, 0) is 19.3 Å². The van der Waals surface area contributed by atoms with Crippen molar-refractivity contribution in [2.75, 3.05) is 0 Å². The Morgan fingerprint density at radius 3 is 2.04 bits per heavy atom. The van der Waals surface area contributed by atoms with Gasteiger partial charge in [0.1, 0.15) is 0 Å². The second-order valence-corrected chi connectivity index (χ2v) is 5.95. The standard InChI is InChI=1S/C20H32O5/c1-2-3-8-12-17(21)13-9-6-4-5-7-10-14-18(22)19(23)15-11-16-20(24)25/h4-7,9-10,13-14,17-19,21-23H,2-3,8,11-12,15-16H2,1H3,(H,24,25)/b6-4?,7-5+,13-9?,14-10+. The third kappa shape index (κ3) is 15.6. The molecule has 0 spiro atoms. The first kappa shape index (κ1) is 23.3. The van der Waals surface area contributed by atoms with Crippen LogP contribution in [0.25, 0.3) is 0 Å². The van der Waals surface area contributed by atoms with E-state index in [2.05, 4.69) is 6.92 Å². The number of rotatable bonds is 14. The maximum Gasteiger partial charge on any atom is 0.303 e. The molecule has 0 aromatic rings. The highest BCUT2D eigenvalue weighted by Crippen LogP contribution is 2.06. The highest BCUT2D eigenvalue weighted by Gasteiger charge is 2.12. The molecule has 0 saturated heterocycles. The van der Waals surface area contributed by atoms with E-state index in [0.29, 0.717) is 6.42 Å². The molecule has 0 fully saturated rings. The summed E-state index contributed by atoms with van der Waals surface area (Å²) >= 11 is 0. The fourth-order valence-electron chi connectivity index (χ4n) is 2.09. The summed E-state index contributed by atoms with van der Waals surface area (Å²) in [7, 11) is 0. The number of aliphatic hydroxyl groups is 3. The molecule has 0 saturated carbocycles. The van der Waals surface area contributed by atoms with Crippen molar-refractivity contribution >= 4 is 5.97 Å². The molecule has 0 aliphatic carbocycles. The number of aliphatic hydroxyl groups excluding tert-OH is 3. The maximum atomic E-state index is 10.4. The molecule has 0 bridgehead atoms. The maximum absolute atomic E-state index is 10.4. The average Bonchev–Trinajstić information content (AvgIpc) is 2.56. The first-order chi connectivity index (χ1) is 12.0. The predicted octanol–water partition coefficient (Wildman–Crippen LogP) is 3.13. The van der Waals surface area contributed by atoms with E-state index >= 15 is 0 Å². The van der Waals surface area contributed by atoms with Gasteiger partial charge < -0.3 is 20.4 Å². The molecule has 0 aromatic carbocycles. The number of carboxylic acids is 1. The molecule has 0 heterocycles. The highest BCUT2D eigenvalue weighted by molar-refractivity contribution is 5.66. The average molecular weight is 352 g/mol. The summed E-state index contributed by atoms with van der Waals surface area (Å²) < 4.78 is 0. The molecular weight excluding hydrogens is 320 g/mol. The van der Waals surface area contributed by atoms with Gasteiger partial charge in [0, 0.05) is 6.42 Å². The number of aliphatic carboxylic acids is 1. The van der Waals surface area contributed by atoms with Crippen LogP contribution < -0.4 is 0 Å². The van der Waals surface area contributed by atoms with Crippen molar-refractivity contribution in [1.29, 1.82) is 0 Å². The first-order valence-corrected chi connectivity index (χ1v) is 8.91. The molecule has 3 atom stereocenters. The topological polar surface area (TPSA) is 98.0 Å². The summed E-state index contributed by atoms with van der Waals surface area (Å²) in [6, 6.07) is 0. The second kappa shape index (κ2) is 15.8. The summed E-state index contributed by atoms with van der Waals surface area (Å²) in [5, 5.41) is 37.6. The van der Waals surface area contributed by atoms with Crippen molar-refractivity contribution < 1.29 is 25.2 Å². The van der Waals surface area contributed by atoms with Crippen LogP contribution in [0.5, 0.6) is 0 Å². The van der Waals surface area contributed by atoms with Gasteiger partial charge in [-0.15, -0.1) is 0 Å². The minimum absolute atomic E-state index is 0.0149. The van der Waals surface area contributed by atoms with E-state index < -0.39 is 24.3 Å². The Balaban J connectivity index is 3.97. The Labute approximate surface area is 150 Å². The third-order valence-corrected chi connectivity index (χ3v) is 3.59. The Morgan fingerprint density at radius 2 is 1.44 bits per heavy atom. The van der Waals surface area contributed by atoms with E-state index in [-0.39, 0.29) is 12.8 Å². The molecule has 4 N–H and O–H groups in total. The van der Waals surface area contributed by atoms with E-state index in [9.17, 15) is 20.1 Å². The van der Waals surface area contributed by atoms with Crippen molar-refractivity contribution in [3.63, 3.8) is 0 Å². The quantitative estimate of drug-likeness (QED) is 0.284. The fraction of sp³-hybridized carbons (Fsp3) is 0.550. The lowest BCUT2D eigenvalue weighted by atomic mass is 10.1. The lowest BCUT2D eigenvalue weighted by molar-refractivity contribution is -0.137. The van der Waals surface area contributed by atoms with Gasteiger partial charge in [-0.1, -0.05) is 74.8 Å². The van der Waals surface area contributed by atoms with Crippen LogP contribution in [-0.2, 0) is 4.79 Å². The van der Waals surface area contributed by atoms with Crippen LogP contribution in [0.2, 0.25) is 0 Å². The van der Waals surface area contributed by atoms with Gasteiger partial charge in [0.05, 0.1) is 18.3 Å². The minimum atomic E-state index is -1.01. The summed E-state index contributed by atoms with van der Waals surface area (Å²) in [6.45, 7) is 2.13. The molecule has 0 aromatic heterocycles. The van der Waals surface area contributed by atoms with E-state index in [1.807, 2.05) is 6.08 Å². The van der Waals surface area contributed by atoms with Crippen molar-refractivity contribution in [1.82, 2.24) is 0 Å². The van der Waals surface area contributed by atoms with Crippen molar-refractivity contribution in [3.05, 3.63) is 48.6 Å². The third-order valence-electron chi connectivity index (χ3n) is 3.59. The molecule has 25 heavy (non-hydrogen) atoms. The summed E-state index contributed by atoms with van der Waals surface area (Å²) in [5.41, 5.74) is 0. The van der Waals surface area contributed by atoms with Crippen LogP contribution in [0.1, 0.15) is 51.9 Å². The molecule has 0 rings (SSSR count). The summed E-state index contributed by atoms with van der Waals surface area (Å²) in [5.74, 6) is -0.908. The van der Waals surface area contributed by atoms with E-state index in [1.165, 1.54) is 6.08 Å². The number of unbranched alkanes of at least 4 members (excludes halogenated alkanes) is 2. The van der Waals surface area contributed by atoms with Crippen LogP contribution in [0.15, 0.2) is 48.6 Å². The molecule has 0 aliphatic rings. The molecule has 0 aliphatic heterocycles. The zero-order valence-corrected chi connectivity index (χ0v) is 15.0. The van der Waals surface area contributed by atoms with Crippen LogP contribution in [0.3, 0.4) is 0 Å². The van der Waals surface area contributed by atoms with Gasteiger partial charge in [0.15, 0.2) is 0 Å². The lowest BCUT2D eigenvalue weighted by Crippen LogP contribution is -2.23. The lowest BCUT2D eigenvalue weighted by Gasteiger charge is -2.13.